The van der Waals surface area contributed by atoms with Gasteiger partial charge in [0.25, 0.3) is 0 Å². The lowest BCUT2D eigenvalue weighted by molar-refractivity contribution is 0.614. The highest BCUT2D eigenvalue weighted by Crippen LogP contribution is 2.16. The Kier molecular flexibility index (Phi) is 2.69. The van der Waals surface area contributed by atoms with E-state index in [9.17, 15) is 4.39 Å². The summed E-state index contributed by atoms with van der Waals surface area (Å²) in [4.78, 5) is 0. The van der Waals surface area contributed by atoms with Crippen molar-refractivity contribution in [3.63, 3.8) is 0 Å². The van der Waals surface area contributed by atoms with Gasteiger partial charge in [-0.05, 0) is 36.1 Å². The molecule has 0 spiro atoms. The van der Waals surface area contributed by atoms with Crippen LogP contribution in [0, 0.1) is 11.7 Å². The largest absolute Gasteiger partial charge is 0.399 e. The van der Waals surface area contributed by atoms with Crippen LogP contribution in [0.5, 0.6) is 0 Å². The number of halogens is 1. The summed E-state index contributed by atoms with van der Waals surface area (Å²) in [6.07, 6.45) is 0.837. The van der Waals surface area contributed by atoms with Crippen LogP contribution in [0.15, 0.2) is 18.2 Å². The van der Waals surface area contributed by atoms with E-state index in [1.165, 1.54) is 12.1 Å². The number of hydrogen-bond acceptors (Lipinski definition) is 1. The van der Waals surface area contributed by atoms with E-state index in [4.69, 9.17) is 5.73 Å². The van der Waals surface area contributed by atoms with Crippen LogP contribution in [0.4, 0.5) is 10.1 Å². The lowest BCUT2D eigenvalue weighted by Gasteiger charge is -2.07. The Morgan fingerprint density at radius 2 is 2.08 bits per heavy atom. The molecule has 0 atom stereocenters. The van der Waals surface area contributed by atoms with Gasteiger partial charge in [-0.1, -0.05) is 13.8 Å². The highest BCUT2D eigenvalue weighted by molar-refractivity contribution is 5.46. The normalized spacial score (nSPS) is 10.7. The first-order valence-electron chi connectivity index (χ1n) is 4.13. The van der Waals surface area contributed by atoms with Crippen LogP contribution in [-0.2, 0) is 6.42 Å². The number of rotatable bonds is 2. The monoisotopic (exact) mass is 167 g/mol. The van der Waals surface area contributed by atoms with Crippen LogP contribution in [0.2, 0.25) is 0 Å². The SMILES string of the molecule is CC(C)Cc1cc(F)ccc1N. The predicted molar refractivity (Wildman–Crippen MR) is 49.4 cm³/mol. The van der Waals surface area contributed by atoms with Crippen molar-refractivity contribution in [2.24, 2.45) is 5.92 Å². The molecule has 2 heteroatoms. The van der Waals surface area contributed by atoms with Crippen molar-refractivity contribution in [3.8, 4) is 0 Å². The van der Waals surface area contributed by atoms with Crippen molar-refractivity contribution in [2.45, 2.75) is 20.3 Å². The first-order valence-corrected chi connectivity index (χ1v) is 4.13. The van der Waals surface area contributed by atoms with E-state index >= 15 is 0 Å². The maximum Gasteiger partial charge on any atom is 0.123 e. The van der Waals surface area contributed by atoms with Gasteiger partial charge in [-0.3, -0.25) is 0 Å². The van der Waals surface area contributed by atoms with Crippen LogP contribution < -0.4 is 5.73 Å². The highest BCUT2D eigenvalue weighted by atomic mass is 19.1. The fourth-order valence-corrected chi connectivity index (χ4v) is 1.19. The molecule has 12 heavy (non-hydrogen) atoms. The molecule has 0 aliphatic heterocycles. The quantitative estimate of drug-likeness (QED) is 0.673. The molecule has 0 bridgehead atoms. The van der Waals surface area contributed by atoms with Crippen molar-refractivity contribution in [2.75, 3.05) is 5.73 Å². The molecule has 0 radical (unpaired) electrons. The van der Waals surface area contributed by atoms with Crippen molar-refractivity contribution in [3.05, 3.63) is 29.6 Å². The van der Waals surface area contributed by atoms with E-state index in [1.807, 2.05) is 0 Å². The third kappa shape index (κ3) is 2.22. The molecule has 1 rings (SSSR count). The summed E-state index contributed by atoms with van der Waals surface area (Å²) >= 11 is 0. The molecule has 0 amide bonds. The zero-order valence-corrected chi connectivity index (χ0v) is 7.47. The average Bonchev–Trinajstić information content (AvgIpc) is 1.96. The van der Waals surface area contributed by atoms with Crippen LogP contribution in [-0.4, -0.2) is 0 Å². The molecule has 0 fully saturated rings. The highest BCUT2D eigenvalue weighted by Gasteiger charge is 2.02. The maximum absolute atomic E-state index is 12.7. The van der Waals surface area contributed by atoms with Crippen LogP contribution in [0.25, 0.3) is 0 Å². The zero-order chi connectivity index (χ0) is 9.14. The topological polar surface area (TPSA) is 26.0 Å². The lowest BCUT2D eigenvalue weighted by atomic mass is 10.0. The van der Waals surface area contributed by atoms with Gasteiger partial charge in [0, 0.05) is 5.69 Å². The van der Waals surface area contributed by atoms with Crippen molar-refractivity contribution >= 4 is 5.69 Å². The lowest BCUT2D eigenvalue weighted by Crippen LogP contribution is -1.99. The second-order valence-electron chi connectivity index (χ2n) is 3.44. The molecule has 2 N–H and O–H groups in total. The summed E-state index contributed by atoms with van der Waals surface area (Å²) in [6, 6.07) is 4.52. The second kappa shape index (κ2) is 3.57. The Hall–Kier alpha value is -1.05. The van der Waals surface area contributed by atoms with E-state index in [0.717, 1.165) is 12.0 Å². The van der Waals surface area contributed by atoms with Crippen molar-refractivity contribution in [1.82, 2.24) is 0 Å². The molecule has 1 nitrogen and oxygen atoms in total. The molecule has 0 heterocycles. The number of hydrogen-bond donors (Lipinski definition) is 1. The second-order valence-corrected chi connectivity index (χ2v) is 3.44. The third-order valence-corrected chi connectivity index (χ3v) is 1.73. The van der Waals surface area contributed by atoms with Gasteiger partial charge >= 0.3 is 0 Å². The summed E-state index contributed by atoms with van der Waals surface area (Å²) in [6.45, 7) is 4.18. The molecular formula is C10H14FN. The molecule has 0 saturated carbocycles. The van der Waals surface area contributed by atoms with Gasteiger partial charge in [0.05, 0.1) is 0 Å². The zero-order valence-electron chi connectivity index (χ0n) is 7.47. The molecular weight excluding hydrogens is 153 g/mol. The van der Waals surface area contributed by atoms with E-state index < -0.39 is 0 Å². The Morgan fingerprint density at radius 1 is 1.42 bits per heavy atom. The smallest absolute Gasteiger partial charge is 0.123 e. The molecule has 0 saturated heterocycles. The summed E-state index contributed by atoms with van der Waals surface area (Å²) in [5, 5.41) is 0. The Labute approximate surface area is 72.4 Å². The summed E-state index contributed by atoms with van der Waals surface area (Å²) < 4.78 is 12.7. The van der Waals surface area contributed by atoms with E-state index in [1.54, 1.807) is 6.07 Å². The third-order valence-electron chi connectivity index (χ3n) is 1.73. The van der Waals surface area contributed by atoms with Gasteiger partial charge in [-0.2, -0.15) is 0 Å². The molecule has 0 unspecified atom stereocenters. The fraction of sp³-hybridized carbons (Fsp3) is 0.400. The number of benzene rings is 1. The predicted octanol–water partition coefficient (Wildman–Crippen LogP) is 2.61. The summed E-state index contributed by atoms with van der Waals surface area (Å²) in [5.41, 5.74) is 7.26. The van der Waals surface area contributed by atoms with E-state index in [2.05, 4.69) is 13.8 Å². The Morgan fingerprint density at radius 3 is 2.67 bits per heavy atom. The first kappa shape index (κ1) is 9.04. The standard InChI is InChI=1S/C10H14FN/c1-7(2)5-8-6-9(11)3-4-10(8)12/h3-4,6-7H,5,12H2,1-2H3. The number of nitrogens with two attached hydrogens (primary N) is 1. The molecule has 66 valence electrons. The van der Waals surface area contributed by atoms with Gasteiger partial charge in [-0.15, -0.1) is 0 Å². The van der Waals surface area contributed by atoms with Gasteiger partial charge in [0.1, 0.15) is 5.82 Å². The molecule has 1 aromatic rings. The summed E-state index contributed by atoms with van der Waals surface area (Å²) in [7, 11) is 0. The fourth-order valence-electron chi connectivity index (χ4n) is 1.19. The average molecular weight is 167 g/mol. The van der Waals surface area contributed by atoms with E-state index in [-0.39, 0.29) is 5.82 Å². The van der Waals surface area contributed by atoms with Crippen molar-refractivity contribution < 1.29 is 4.39 Å². The molecule has 1 aromatic carbocycles. The minimum absolute atomic E-state index is 0.208. The number of nitrogen functional groups attached to an aromatic ring is 1. The van der Waals surface area contributed by atoms with Crippen LogP contribution in [0.1, 0.15) is 19.4 Å². The Bertz CT molecular complexity index is 269. The van der Waals surface area contributed by atoms with Crippen LogP contribution >= 0.6 is 0 Å². The number of anilines is 1. The van der Waals surface area contributed by atoms with Gasteiger partial charge < -0.3 is 5.73 Å². The van der Waals surface area contributed by atoms with Gasteiger partial charge in [-0.25, -0.2) is 4.39 Å². The van der Waals surface area contributed by atoms with Crippen LogP contribution in [0.3, 0.4) is 0 Å². The Balaban J connectivity index is 2.90. The maximum atomic E-state index is 12.7. The van der Waals surface area contributed by atoms with Crippen molar-refractivity contribution in [1.29, 1.82) is 0 Å². The summed E-state index contributed by atoms with van der Waals surface area (Å²) in [5.74, 6) is 0.300. The van der Waals surface area contributed by atoms with Gasteiger partial charge in [0.15, 0.2) is 0 Å². The van der Waals surface area contributed by atoms with E-state index in [0.29, 0.717) is 11.6 Å². The molecule has 0 aliphatic rings. The minimum atomic E-state index is -0.208. The molecule has 0 aromatic heterocycles. The minimum Gasteiger partial charge on any atom is -0.399 e. The molecule has 0 aliphatic carbocycles. The first-order chi connectivity index (χ1) is 5.59. The van der Waals surface area contributed by atoms with Gasteiger partial charge in [0.2, 0.25) is 0 Å².